The van der Waals surface area contributed by atoms with Crippen molar-refractivity contribution in [1.29, 1.82) is 0 Å². The van der Waals surface area contributed by atoms with Crippen molar-refractivity contribution in [3.05, 3.63) is 64.7 Å². The zero-order valence-electron chi connectivity index (χ0n) is 18.4. The lowest BCUT2D eigenvalue weighted by molar-refractivity contribution is -0.128. The van der Waals surface area contributed by atoms with E-state index in [9.17, 15) is 19.2 Å². The van der Waals surface area contributed by atoms with Crippen LogP contribution in [0.5, 0.6) is 0 Å². The average molecular weight is 434 g/mol. The van der Waals surface area contributed by atoms with Crippen LogP contribution in [0, 0.1) is 0 Å². The van der Waals surface area contributed by atoms with Crippen molar-refractivity contribution >= 4 is 29.3 Å². The van der Waals surface area contributed by atoms with Crippen LogP contribution in [0.3, 0.4) is 0 Å². The molecule has 0 unspecified atom stereocenters. The number of carbonyl (C=O) groups is 4. The van der Waals surface area contributed by atoms with Crippen LogP contribution in [0.1, 0.15) is 75.7 Å². The van der Waals surface area contributed by atoms with Crippen molar-refractivity contribution in [1.82, 2.24) is 9.80 Å². The standard InChI is InChI=1S/C25H27N3O4/c1-16(29)27(2)15-18-8-6-7-11-22(18)26-23(30)17-12-13-20-21(14-17)25(32)28(24(20)31)19-9-4-3-5-10-19/h6-8,11-14,19H,3-5,9-10,15H2,1-2H3,(H,26,30). The first-order valence-corrected chi connectivity index (χ1v) is 11.0. The number of hydrogen-bond donors (Lipinski definition) is 1. The molecule has 2 aromatic carbocycles. The fourth-order valence-electron chi connectivity index (χ4n) is 4.41. The van der Waals surface area contributed by atoms with E-state index in [1.807, 2.05) is 12.1 Å². The van der Waals surface area contributed by atoms with Crippen LogP contribution in [0.15, 0.2) is 42.5 Å². The highest BCUT2D eigenvalue weighted by atomic mass is 16.2. The number of fused-ring (bicyclic) bond motifs is 1. The molecule has 0 bridgehead atoms. The number of amides is 4. The second kappa shape index (κ2) is 8.94. The second-order valence-corrected chi connectivity index (χ2v) is 8.52. The number of para-hydroxylation sites is 1. The minimum atomic E-state index is -0.373. The molecule has 2 aromatic rings. The third-order valence-corrected chi connectivity index (χ3v) is 6.33. The average Bonchev–Trinajstić information content (AvgIpc) is 3.05. The highest BCUT2D eigenvalue weighted by molar-refractivity contribution is 6.22. The largest absolute Gasteiger partial charge is 0.342 e. The molecular weight excluding hydrogens is 406 g/mol. The molecule has 4 amide bonds. The van der Waals surface area contributed by atoms with Crippen LogP contribution in [-0.4, -0.2) is 46.5 Å². The molecule has 7 nitrogen and oxygen atoms in total. The van der Waals surface area contributed by atoms with Crippen molar-refractivity contribution in [3.63, 3.8) is 0 Å². The zero-order valence-corrected chi connectivity index (χ0v) is 18.4. The molecule has 1 fully saturated rings. The van der Waals surface area contributed by atoms with Gasteiger partial charge in [-0.05, 0) is 42.7 Å². The van der Waals surface area contributed by atoms with Gasteiger partial charge in [-0.25, -0.2) is 0 Å². The number of nitrogens with one attached hydrogen (secondary N) is 1. The smallest absolute Gasteiger partial charge is 0.261 e. The van der Waals surface area contributed by atoms with Crippen LogP contribution in [0.25, 0.3) is 0 Å². The van der Waals surface area contributed by atoms with Crippen LogP contribution in [0.2, 0.25) is 0 Å². The number of rotatable bonds is 5. The van der Waals surface area contributed by atoms with Gasteiger partial charge in [-0.15, -0.1) is 0 Å². The first-order chi connectivity index (χ1) is 15.4. The molecule has 0 aromatic heterocycles. The zero-order chi connectivity index (χ0) is 22.8. The minimum Gasteiger partial charge on any atom is -0.342 e. The Morgan fingerprint density at radius 2 is 1.69 bits per heavy atom. The van der Waals surface area contributed by atoms with Gasteiger partial charge in [-0.1, -0.05) is 37.5 Å². The molecule has 0 atom stereocenters. The van der Waals surface area contributed by atoms with E-state index in [2.05, 4.69) is 5.32 Å². The summed E-state index contributed by atoms with van der Waals surface area (Å²) in [4.78, 5) is 53.4. The fraction of sp³-hybridized carbons (Fsp3) is 0.360. The minimum absolute atomic E-state index is 0.0569. The summed E-state index contributed by atoms with van der Waals surface area (Å²) in [6, 6.07) is 11.9. The molecule has 0 spiro atoms. The van der Waals surface area contributed by atoms with Gasteiger partial charge < -0.3 is 10.2 Å². The molecule has 166 valence electrons. The van der Waals surface area contributed by atoms with Crippen molar-refractivity contribution in [2.75, 3.05) is 12.4 Å². The molecule has 1 saturated carbocycles. The first-order valence-electron chi connectivity index (χ1n) is 11.0. The number of imide groups is 1. The van der Waals surface area contributed by atoms with Gasteiger partial charge in [0.25, 0.3) is 17.7 Å². The van der Waals surface area contributed by atoms with Gasteiger partial charge in [0.2, 0.25) is 5.91 Å². The van der Waals surface area contributed by atoms with E-state index in [1.165, 1.54) is 17.9 Å². The Balaban J connectivity index is 1.54. The molecule has 2 aliphatic rings. The number of benzene rings is 2. The topological polar surface area (TPSA) is 86.8 Å². The molecule has 1 aliphatic carbocycles. The molecule has 1 N–H and O–H groups in total. The molecular formula is C25H27N3O4. The normalized spacial score (nSPS) is 16.1. The lowest BCUT2D eigenvalue weighted by Gasteiger charge is -2.29. The third-order valence-electron chi connectivity index (χ3n) is 6.33. The molecule has 1 aliphatic heterocycles. The predicted molar refractivity (Wildman–Crippen MR) is 120 cm³/mol. The van der Waals surface area contributed by atoms with Gasteiger partial charge in [-0.2, -0.15) is 0 Å². The second-order valence-electron chi connectivity index (χ2n) is 8.52. The SMILES string of the molecule is CC(=O)N(C)Cc1ccccc1NC(=O)c1ccc2c(c1)C(=O)N(C1CCCCC1)C2=O. The van der Waals surface area contributed by atoms with Crippen molar-refractivity contribution in [2.24, 2.45) is 0 Å². The van der Waals surface area contributed by atoms with E-state index in [0.717, 1.165) is 37.7 Å². The molecule has 32 heavy (non-hydrogen) atoms. The number of hydrogen-bond acceptors (Lipinski definition) is 4. The Morgan fingerprint density at radius 3 is 2.41 bits per heavy atom. The molecule has 0 radical (unpaired) electrons. The summed E-state index contributed by atoms with van der Waals surface area (Å²) in [5.41, 5.74) is 2.36. The third kappa shape index (κ3) is 4.15. The van der Waals surface area contributed by atoms with Gasteiger partial charge in [0.05, 0.1) is 11.1 Å². The van der Waals surface area contributed by atoms with E-state index in [-0.39, 0.29) is 35.2 Å². The summed E-state index contributed by atoms with van der Waals surface area (Å²) in [5.74, 6) is -1.02. The Kier molecular flexibility index (Phi) is 6.08. The van der Waals surface area contributed by atoms with Gasteiger partial charge in [0.15, 0.2) is 0 Å². The highest BCUT2D eigenvalue weighted by Crippen LogP contribution is 2.31. The maximum atomic E-state index is 13.0. The van der Waals surface area contributed by atoms with Crippen molar-refractivity contribution < 1.29 is 19.2 Å². The number of nitrogens with zero attached hydrogens (tertiary/aromatic N) is 2. The van der Waals surface area contributed by atoms with Crippen LogP contribution < -0.4 is 5.32 Å². The van der Waals surface area contributed by atoms with E-state index in [4.69, 9.17) is 0 Å². The van der Waals surface area contributed by atoms with Gasteiger partial charge >= 0.3 is 0 Å². The molecule has 1 heterocycles. The Labute approximate surface area is 187 Å². The lowest BCUT2D eigenvalue weighted by Crippen LogP contribution is -2.40. The van der Waals surface area contributed by atoms with Crippen molar-refractivity contribution in [2.45, 2.75) is 51.6 Å². The van der Waals surface area contributed by atoms with E-state index in [0.29, 0.717) is 23.4 Å². The van der Waals surface area contributed by atoms with Crippen LogP contribution in [0.4, 0.5) is 5.69 Å². The summed E-state index contributed by atoms with van der Waals surface area (Å²) < 4.78 is 0. The van der Waals surface area contributed by atoms with Gasteiger partial charge in [-0.3, -0.25) is 24.1 Å². The first kappa shape index (κ1) is 21.7. The fourth-order valence-corrected chi connectivity index (χ4v) is 4.41. The Morgan fingerprint density at radius 1 is 1.00 bits per heavy atom. The van der Waals surface area contributed by atoms with Gasteiger partial charge in [0, 0.05) is 37.8 Å². The molecule has 7 heteroatoms. The Hall–Kier alpha value is -3.48. The summed E-state index contributed by atoms with van der Waals surface area (Å²) in [6.45, 7) is 1.85. The molecule has 4 rings (SSSR count). The van der Waals surface area contributed by atoms with Crippen molar-refractivity contribution in [3.8, 4) is 0 Å². The van der Waals surface area contributed by atoms with Gasteiger partial charge in [0.1, 0.15) is 0 Å². The van der Waals surface area contributed by atoms with Crippen LogP contribution >= 0.6 is 0 Å². The quantitative estimate of drug-likeness (QED) is 0.726. The summed E-state index contributed by atoms with van der Waals surface area (Å²) >= 11 is 0. The summed E-state index contributed by atoms with van der Waals surface area (Å²) in [5, 5.41) is 2.88. The van der Waals surface area contributed by atoms with E-state index in [1.54, 1.807) is 36.2 Å². The van der Waals surface area contributed by atoms with E-state index >= 15 is 0 Å². The monoisotopic (exact) mass is 433 g/mol. The maximum Gasteiger partial charge on any atom is 0.261 e. The maximum absolute atomic E-state index is 13.0. The van der Waals surface area contributed by atoms with Crippen LogP contribution in [-0.2, 0) is 11.3 Å². The highest BCUT2D eigenvalue weighted by Gasteiger charge is 2.40. The summed E-state index contributed by atoms with van der Waals surface area (Å²) in [7, 11) is 1.70. The Bertz CT molecular complexity index is 1090. The molecule has 0 saturated heterocycles. The van der Waals surface area contributed by atoms with E-state index < -0.39 is 0 Å². The number of carbonyl (C=O) groups excluding carboxylic acids is 4. The predicted octanol–water partition coefficient (Wildman–Crippen LogP) is 3.85. The lowest BCUT2D eigenvalue weighted by atomic mass is 9.94. The number of anilines is 1. The summed E-state index contributed by atoms with van der Waals surface area (Å²) in [6.07, 6.45) is 4.84.